The minimum atomic E-state index is -4.29. The Labute approximate surface area is 150 Å². The van der Waals surface area contributed by atoms with E-state index in [9.17, 15) is 18.1 Å². The van der Waals surface area contributed by atoms with Gasteiger partial charge in [0.05, 0.1) is 22.0 Å². The van der Waals surface area contributed by atoms with Gasteiger partial charge in [-0.05, 0) is 6.42 Å². The molecule has 148 valence electrons. The van der Waals surface area contributed by atoms with Crippen molar-refractivity contribution in [3.05, 3.63) is 0 Å². The molecule has 24 heavy (non-hydrogen) atoms. The van der Waals surface area contributed by atoms with Crippen LogP contribution in [0.2, 0.25) is 0 Å². The van der Waals surface area contributed by atoms with E-state index in [1.165, 1.54) is 70.6 Å². The summed E-state index contributed by atoms with van der Waals surface area (Å²) in [4.78, 5) is 0. The summed E-state index contributed by atoms with van der Waals surface area (Å²) in [5, 5.41) is 9.40. The number of aliphatic hydroxyl groups is 1. The molecule has 0 saturated heterocycles. The second-order valence-electron chi connectivity index (χ2n) is 6.76. The zero-order valence-electron chi connectivity index (χ0n) is 16.0. The third-order valence-corrected chi connectivity index (χ3v) is 5.08. The number of quaternary nitrogens is 1. The van der Waals surface area contributed by atoms with Gasteiger partial charge in [-0.1, -0.05) is 96.8 Å². The Hall–Kier alpha value is -0.170. The minimum absolute atomic E-state index is 0. The molecule has 0 heterocycles. The molecule has 0 aliphatic rings. The van der Waals surface area contributed by atoms with Crippen molar-refractivity contribution in [1.29, 1.82) is 0 Å². The van der Waals surface area contributed by atoms with E-state index in [1.807, 2.05) is 0 Å². The Morgan fingerprint density at radius 3 is 1.42 bits per heavy atom. The zero-order valence-corrected chi connectivity index (χ0v) is 16.8. The molecule has 0 aliphatic carbocycles. The number of aliphatic hydroxyl groups excluding tert-OH is 1. The number of hydrogen-bond acceptors (Lipinski definition) is 4. The lowest BCUT2D eigenvalue weighted by Gasteiger charge is -2.12. The van der Waals surface area contributed by atoms with Crippen LogP contribution in [0.5, 0.6) is 0 Å². The molecule has 0 aromatic carbocycles. The van der Waals surface area contributed by atoms with Gasteiger partial charge in [0.2, 0.25) is 0 Å². The summed E-state index contributed by atoms with van der Waals surface area (Å²) >= 11 is 0. The van der Waals surface area contributed by atoms with Gasteiger partial charge >= 0.3 is 0 Å². The van der Waals surface area contributed by atoms with Gasteiger partial charge in [0.25, 0.3) is 0 Å². The summed E-state index contributed by atoms with van der Waals surface area (Å²) in [5.41, 5.74) is 0. The van der Waals surface area contributed by atoms with Crippen LogP contribution in [0.1, 0.15) is 103 Å². The highest BCUT2D eigenvalue weighted by atomic mass is 32.2. The second kappa shape index (κ2) is 17.6. The molecule has 0 aromatic heterocycles. The van der Waals surface area contributed by atoms with Crippen LogP contribution in [0, 0.1) is 0 Å². The lowest BCUT2D eigenvalue weighted by atomic mass is 10.0. The van der Waals surface area contributed by atoms with E-state index in [0.717, 1.165) is 19.3 Å². The fourth-order valence-electron chi connectivity index (χ4n) is 2.89. The summed E-state index contributed by atoms with van der Waals surface area (Å²) in [6.07, 6.45) is 17.1. The van der Waals surface area contributed by atoms with Crippen molar-refractivity contribution in [3.8, 4) is 0 Å². The summed E-state index contributed by atoms with van der Waals surface area (Å²) in [7, 11) is -4.29. The van der Waals surface area contributed by atoms with Gasteiger partial charge in [-0.25, -0.2) is 8.42 Å². The van der Waals surface area contributed by atoms with Crippen LogP contribution in [0.3, 0.4) is 0 Å². The molecule has 0 aliphatic heterocycles. The van der Waals surface area contributed by atoms with Crippen LogP contribution in [0.25, 0.3) is 0 Å². The van der Waals surface area contributed by atoms with Crippen molar-refractivity contribution < 1.29 is 18.1 Å². The van der Waals surface area contributed by atoms with Crippen molar-refractivity contribution in [3.63, 3.8) is 0 Å². The van der Waals surface area contributed by atoms with Gasteiger partial charge in [-0.2, -0.15) is 0 Å². The Balaban J connectivity index is 0. The van der Waals surface area contributed by atoms with Gasteiger partial charge in [-0.15, -0.1) is 0 Å². The summed E-state index contributed by atoms with van der Waals surface area (Å²) in [6, 6.07) is 0. The first-order chi connectivity index (χ1) is 11.0. The highest BCUT2D eigenvalue weighted by Gasteiger charge is 2.07. The smallest absolute Gasteiger partial charge is 0.0971 e. The summed E-state index contributed by atoms with van der Waals surface area (Å²) < 4.78 is 31.4. The minimum Gasteiger partial charge on any atom is -0.748 e. The van der Waals surface area contributed by atoms with Crippen molar-refractivity contribution in [1.82, 2.24) is 6.15 Å². The van der Waals surface area contributed by atoms with Crippen molar-refractivity contribution in [2.75, 3.05) is 5.75 Å². The van der Waals surface area contributed by atoms with Crippen molar-refractivity contribution >= 4 is 10.1 Å². The second-order valence-corrected chi connectivity index (χ2v) is 8.21. The van der Waals surface area contributed by atoms with Crippen LogP contribution < -0.4 is 6.15 Å². The Morgan fingerprint density at radius 2 is 1.08 bits per heavy atom. The van der Waals surface area contributed by atoms with E-state index >= 15 is 0 Å². The van der Waals surface area contributed by atoms with Crippen LogP contribution in [0.4, 0.5) is 0 Å². The Kier molecular flexibility index (Phi) is 19.2. The first-order valence-corrected chi connectivity index (χ1v) is 11.1. The third kappa shape index (κ3) is 21.8. The fourth-order valence-corrected chi connectivity index (χ4v) is 3.53. The molecule has 0 saturated carbocycles. The van der Waals surface area contributed by atoms with E-state index in [1.54, 1.807) is 0 Å². The first kappa shape index (κ1) is 26.1. The van der Waals surface area contributed by atoms with Gasteiger partial charge < -0.3 is 15.8 Å². The first-order valence-electron chi connectivity index (χ1n) is 9.57. The van der Waals surface area contributed by atoms with Crippen LogP contribution in [-0.2, 0) is 10.1 Å². The molecule has 5 nitrogen and oxygen atoms in total. The lowest BCUT2D eigenvalue weighted by molar-refractivity contribution is 0.180. The molecule has 5 N–H and O–H groups in total. The van der Waals surface area contributed by atoms with Crippen molar-refractivity contribution in [2.45, 2.75) is 109 Å². The Bertz CT molecular complexity index is 347. The fraction of sp³-hybridized carbons (Fsp3) is 1.00. The van der Waals surface area contributed by atoms with E-state index in [2.05, 4.69) is 6.92 Å². The topological polar surface area (TPSA) is 114 Å². The number of unbranched alkanes of at least 4 members (excludes halogenated alkanes) is 13. The van der Waals surface area contributed by atoms with Crippen LogP contribution in [0.15, 0.2) is 0 Å². The Morgan fingerprint density at radius 1 is 0.750 bits per heavy atom. The maximum Gasteiger partial charge on any atom is 0.0971 e. The number of hydrogen-bond donors (Lipinski definition) is 2. The highest BCUT2D eigenvalue weighted by molar-refractivity contribution is 7.85. The number of rotatable bonds is 17. The quantitative estimate of drug-likeness (QED) is 0.273. The molecular formula is C18H41NO4S. The molecular weight excluding hydrogens is 326 g/mol. The van der Waals surface area contributed by atoms with E-state index < -0.39 is 22.0 Å². The van der Waals surface area contributed by atoms with E-state index in [0.29, 0.717) is 6.42 Å². The molecule has 0 fully saturated rings. The van der Waals surface area contributed by atoms with Gasteiger partial charge in [0, 0.05) is 0 Å². The molecule has 0 aromatic rings. The standard InChI is InChI=1S/C18H38O4S.H3N/c1-2-3-4-5-6-7-8-9-10-11-12-13-14-15-16-18(19)17-23(20,21)22;/h18-19H,2-17H2,1H3,(H,20,21,22);1H3. The SMILES string of the molecule is CCCCCCCCCCCCCCCCC(O)CS(=O)(=O)[O-].[NH4+]. The van der Waals surface area contributed by atoms with Crippen LogP contribution >= 0.6 is 0 Å². The molecule has 6 heteroatoms. The molecule has 0 radical (unpaired) electrons. The monoisotopic (exact) mass is 367 g/mol. The van der Waals surface area contributed by atoms with Crippen LogP contribution in [-0.4, -0.2) is 29.9 Å². The van der Waals surface area contributed by atoms with E-state index in [-0.39, 0.29) is 6.15 Å². The summed E-state index contributed by atoms with van der Waals surface area (Å²) in [6.45, 7) is 2.25. The molecule has 1 atom stereocenters. The van der Waals surface area contributed by atoms with E-state index in [4.69, 9.17) is 0 Å². The average Bonchev–Trinajstić information content (AvgIpc) is 2.46. The lowest BCUT2D eigenvalue weighted by Crippen LogP contribution is -2.20. The largest absolute Gasteiger partial charge is 0.748 e. The molecule has 1 unspecified atom stereocenters. The van der Waals surface area contributed by atoms with Crippen molar-refractivity contribution in [2.24, 2.45) is 0 Å². The molecule has 0 bridgehead atoms. The maximum absolute atomic E-state index is 10.5. The van der Waals surface area contributed by atoms with Gasteiger partial charge in [-0.3, -0.25) is 0 Å². The molecule has 0 spiro atoms. The predicted octanol–water partition coefficient (Wildman–Crippen LogP) is 5.14. The average molecular weight is 368 g/mol. The van der Waals surface area contributed by atoms with Gasteiger partial charge in [0.1, 0.15) is 0 Å². The zero-order chi connectivity index (χ0) is 17.4. The summed E-state index contributed by atoms with van der Waals surface area (Å²) in [5.74, 6) is -0.647. The van der Waals surface area contributed by atoms with Gasteiger partial charge in [0.15, 0.2) is 0 Å². The molecule has 0 rings (SSSR count). The highest BCUT2D eigenvalue weighted by Crippen LogP contribution is 2.13. The predicted molar refractivity (Wildman–Crippen MR) is 101 cm³/mol. The maximum atomic E-state index is 10.5. The normalized spacial score (nSPS) is 12.8. The molecule has 0 amide bonds. The third-order valence-electron chi connectivity index (χ3n) is 4.29.